The fourth-order valence-electron chi connectivity index (χ4n) is 2.19. The number of carbonyl (C=O) groups is 1. The van der Waals surface area contributed by atoms with E-state index in [1.165, 1.54) is 14.2 Å². The van der Waals surface area contributed by atoms with E-state index in [1.807, 2.05) is 0 Å². The molecule has 5 heteroatoms. The Balaban J connectivity index is 2.77. The van der Waals surface area contributed by atoms with Gasteiger partial charge in [-0.2, -0.15) is 0 Å². The summed E-state index contributed by atoms with van der Waals surface area (Å²) < 4.78 is 10.4. The van der Waals surface area contributed by atoms with Crippen LogP contribution in [0.1, 0.15) is 27.9 Å². The average Bonchev–Trinajstić information content (AvgIpc) is 2.69. The molecule has 0 fully saturated rings. The molecule has 0 heterocycles. The van der Waals surface area contributed by atoms with Crippen LogP contribution in [0.5, 0.6) is 11.5 Å². The summed E-state index contributed by atoms with van der Waals surface area (Å²) in [5.41, 5.74) is 7.38. The fourth-order valence-corrected chi connectivity index (χ4v) is 2.19. The molecule has 90 valence electrons. The highest BCUT2D eigenvalue weighted by Gasteiger charge is 2.30. The highest BCUT2D eigenvalue weighted by Crippen LogP contribution is 2.40. The Morgan fingerprint density at radius 1 is 1.35 bits per heavy atom. The van der Waals surface area contributed by atoms with E-state index >= 15 is 0 Å². The molecule has 1 aromatic rings. The van der Waals surface area contributed by atoms with E-state index in [0.29, 0.717) is 35.5 Å². The van der Waals surface area contributed by atoms with Crippen molar-refractivity contribution in [3.63, 3.8) is 0 Å². The molecule has 0 saturated heterocycles. The van der Waals surface area contributed by atoms with Gasteiger partial charge in [0.1, 0.15) is 5.84 Å². The number of ketones is 1. The van der Waals surface area contributed by atoms with Crippen molar-refractivity contribution in [1.82, 2.24) is 0 Å². The maximum Gasteiger partial charge on any atom is 0.171 e. The number of rotatable bonds is 3. The lowest BCUT2D eigenvalue weighted by molar-refractivity contribution is 0.0991. The van der Waals surface area contributed by atoms with E-state index in [0.717, 1.165) is 5.56 Å². The number of fused-ring (bicyclic) bond motifs is 1. The summed E-state index contributed by atoms with van der Waals surface area (Å²) >= 11 is 0. The molecule has 5 nitrogen and oxygen atoms in total. The van der Waals surface area contributed by atoms with E-state index in [9.17, 15) is 4.79 Å². The molecular formula is C12H14N2O3. The molecule has 3 N–H and O–H groups in total. The number of methoxy groups -OCH3 is 2. The molecule has 0 radical (unpaired) electrons. The number of hydrogen-bond acceptors (Lipinski definition) is 4. The first-order valence-electron chi connectivity index (χ1n) is 5.25. The highest BCUT2D eigenvalue weighted by atomic mass is 16.5. The number of nitrogen functional groups attached to an aromatic ring is 1. The minimum absolute atomic E-state index is 0.0123. The van der Waals surface area contributed by atoms with Crippen LogP contribution in [-0.2, 0) is 6.42 Å². The predicted octanol–water partition coefficient (Wildman–Crippen LogP) is 1.12. The first-order valence-corrected chi connectivity index (χ1v) is 5.25. The lowest BCUT2D eigenvalue weighted by atomic mass is 10.0. The van der Waals surface area contributed by atoms with Gasteiger partial charge in [-0.3, -0.25) is 10.2 Å². The molecule has 17 heavy (non-hydrogen) atoms. The van der Waals surface area contributed by atoms with Crippen molar-refractivity contribution in [2.24, 2.45) is 5.73 Å². The number of amidine groups is 1. The van der Waals surface area contributed by atoms with Gasteiger partial charge in [0.15, 0.2) is 17.3 Å². The molecule has 0 aromatic heterocycles. The summed E-state index contributed by atoms with van der Waals surface area (Å²) in [6, 6.07) is 1.65. The van der Waals surface area contributed by atoms with E-state index < -0.39 is 0 Å². The second kappa shape index (κ2) is 4.08. The van der Waals surface area contributed by atoms with Crippen LogP contribution in [0, 0.1) is 5.41 Å². The molecule has 0 spiro atoms. The van der Waals surface area contributed by atoms with E-state index in [1.54, 1.807) is 6.07 Å². The van der Waals surface area contributed by atoms with Gasteiger partial charge in [-0.25, -0.2) is 0 Å². The Hall–Kier alpha value is -2.04. The Bertz CT molecular complexity index is 509. The quantitative estimate of drug-likeness (QED) is 0.606. The van der Waals surface area contributed by atoms with Crippen molar-refractivity contribution in [2.45, 2.75) is 12.8 Å². The summed E-state index contributed by atoms with van der Waals surface area (Å²) in [4.78, 5) is 11.8. The SMILES string of the molecule is COc1cc(C(=N)N)c2c(c1OC)C(=O)CC2. The Morgan fingerprint density at radius 2 is 2.06 bits per heavy atom. The average molecular weight is 234 g/mol. The third-order valence-electron chi connectivity index (χ3n) is 2.95. The van der Waals surface area contributed by atoms with Gasteiger partial charge in [0.25, 0.3) is 0 Å². The lowest BCUT2D eigenvalue weighted by Gasteiger charge is -2.14. The zero-order valence-corrected chi connectivity index (χ0v) is 9.79. The number of nitrogens with two attached hydrogens (primary N) is 1. The highest BCUT2D eigenvalue weighted by molar-refractivity contribution is 6.08. The van der Waals surface area contributed by atoms with Gasteiger partial charge in [0, 0.05) is 12.0 Å². The molecular weight excluding hydrogens is 220 g/mol. The topological polar surface area (TPSA) is 85.4 Å². The van der Waals surface area contributed by atoms with Crippen molar-refractivity contribution in [2.75, 3.05) is 14.2 Å². The Kier molecular flexibility index (Phi) is 2.75. The number of nitrogens with one attached hydrogen (secondary N) is 1. The van der Waals surface area contributed by atoms with Crippen LogP contribution in [0.4, 0.5) is 0 Å². The van der Waals surface area contributed by atoms with E-state index in [4.69, 9.17) is 20.6 Å². The summed E-state index contributed by atoms with van der Waals surface area (Å²) in [5, 5.41) is 7.54. The third kappa shape index (κ3) is 1.63. The lowest BCUT2D eigenvalue weighted by Crippen LogP contribution is -2.15. The Labute approximate surface area is 99.0 Å². The molecule has 0 unspecified atom stereocenters. The number of Topliss-reactive ketones (excluding diaryl/α,β-unsaturated/α-hetero) is 1. The van der Waals surface area contributed by atoms with Crippen LogP contribution >= 0.6 is 0 Å². The normalized spacial score (nSPS) is 13.4. The monoisotopic (exact) mass is 234 g/mol. The Morgan fingerprint density at radius 3 is 2.59 bits per heavy atom. The van der Waals surface area contributed by atoms with Crippen molar-refractivity contribution < 1.29 is 14.3 Å². The van der Waals surface area contributed by atoms with Crippen molar-refractivity contribution in [3.05, 3.63) is 22.8 Å². The van der Waals surface area contributed by atoms with Crippen LogP contribution in [-0.4, -0.2) is 25.8 Å². The smallest absolute Gasteiger partial charge is 0.171 e. The second-order valence-corrected chi connectivity index (χ2v) is 3.85. The molecule has 0 amide bonds. The molecule has 0 atom stereocenters. The second-order valence-electron chi connectivity index (χ2n) is 3.85. The van der Waals surface area contributed by atoms with Gasteiger partial charge < -0.3 is 15.2 Å². The third-order valence-corrected chi connectivity index (χ3v) is 2.95. The van der Waals surface area contributed by atoms with Gasteiger partial charge in [-0.1, -0.05) is 0 Å². The van der Waals surface area contributed by atoms with Crippen LogP contribution in [0.15, 0.2) is 6.07 Å². The first kappa shape index (κ1) is 11.4. The maximum absolute atomic E-state index is 11.8. The largest absolute Gasteiger partial charge is 0.493 e. The minimum Gasteiger partial charge on any atom is -0.493 e. The standard InChI is InChI=1S/C12H14N2O3/c1-16-9-5-7(12(13)14)6-3-4-8(15)10(6)11(9)17-2/h5H,3-4H2,1-2H3,(H3,13,14). The summed E-state index contributed by atoms with van der Waals surface area (Å²) in [5.74, 6) is 0.830. The summed E-state index contributed by atoms with van der Waals surface area (Å²) in [6.07, 6.45) is 1.03. The number of hydrogen-bond donors (Lipinski definition) is 2. The molecule has 0 saturated carbocycles. The van der Waals surface area contributed by atoms with Crippen LogP contribution in [0.2, 0.25) is 0 Å². The molecule has 1 aliphatic carbocycles. The molecule has 1 aliphatic rings. The predicted molar refractivity (Wildman–Crippen MR) is 63.2 cm³/mol. The van der Waals surface area contributed by atoms with Crippen molar-refractivity contribution in [1.29, 1.82) is 5.41 Å². The molecule has 0 aliphatic heterocycles. The number of benzene rings is 1. The van der Waals surface area contributed by atoms with Gasteiger partial charge in [-0.05, 0) is 18.1 Å². The van der Waals surface area contributed by atoms with Gasteiger partial charge in [0.2, 0.25) is 0 Å². The molecule has 2 rings (SSSR count). The van der Waals surface area contributed by atoms with Crippen molar-refractivity contribution in [3.8, 4) is 11.5 Å². The zero-order valence-electron chi connectivity index (χ0n) is 9.79. The van der Waals surface area contributed by atoms with Gasteiger partial charge in [0.05, 0.1) is 19.8 Å². The number of ether oxygens (including phenoxy) is 2. The van der Waals surface area contributed by atoms with Gasteiger partial charge in [-0.15, -0.1) is 0 Å². The fraction of sp³-hybridized carbons (Fsp3) is 0.333. The van der Waals surface area contributed by atoms with Crippen LogP contribution < -0.4 is 15.2 Å². The van der Waals surface area contributed by atoms with E-state index in [-0.39, 0.29) is 11.6 Å². The maximum atomic E-state index is 11.8. The summed E-state index contributed by atoms with van der Waals surface area (Å²) in [7, 11) is 2.99. The van der Waals surface area contributed by atoms with Crippen molar-refractivity contribution >= 4 is 11.6 Å². The molecule has 1 aromatic carbocycles. The van der Waals surface area contributed by atoms with Crippen LogP contribution in [0.25, 0.3) is 0 Å². The first-order chi connectivity index (χ1) is 8.10. The van der Waals surface area contributed by atoms with Crippen LogP contribution in [0.3, 0.4) is 0 Å². The number of carbonyl (C=O) groups excluding carboxylic acids is 1. The zero-order chi connectivity index (χ0) is 12.6. The summed E-state index contributed by atoms with van der Waals surface area (Å²) in [6.45, 7) is 0. The minimum atomic E-state index is -0.0584. The molecule has 0 bridgehead atoms. The van der Waals surface area contributed by atoms with Gasteiger partial charge >= 0.3 is 0 Å². The van der Waals surface area contributed by atoms with E-state index in [2.05, 4.69) is 0 Å².